The molecule has 0 aliphatic carbocycles. The molecule has 0 saturated heterocycles. The molecule has 0 aliphatic heterocycles. The number of nitrogens with two attached hydrogens (primary N) is 1. The molecule has 102 valence electrons. The molecular formula is C15H22N4. The minimum absolute atomic E-state index is 0.0641. The molecular weight excluding hydrogens is 236 g/mol. The molecule has 0 aliphatic rings. The van der Waals surface area contributed by atoms with Crippen molar-refractivity contribution in [1.82, 2.24) is 10.2 Å². The van der Waals surface area contributed by atoms with Gasteiger partial charge in [-0.25, -0.2) is 0 Å². The van der Waals surface area contributed by atoms with Crippen LogP contribution >= 0.6 is 0 Å². The quantitative estimate of drug-likeness (QED) is 0.895. The largest absolute Gasteiger partial charge is 0.354 e. The van der Waals surface area contributed by atoms with Crippen LogP contribution in [0.25, 0.3) is 10.8 Å². The summed E-state index contributed by atoms with van der Waals surface area (Å²) in [5.74, 6) is 0.946. The average Bonchev–Trinajstić information content (AvgIpc) is 2.44. The lowest BCUT2D eigenvalue weighted by molar-refractivity contribution is 0.379. The van der Waals surface area contributed by atoms with Crippen LogP contribution in [0.15, 0.2) is 30.5 Å². The molecule has 1 aromatic heterocycles. The predicted molar refractivity (Wildman–Crippen MR) is 80.3 cm³/mol. The summed E-state index contributed by atoms with van der Waals surface area (Å²) in [5, 5.41) is 10.7. The van der Waals surface area contributed by atoms with Gasteiger partial charge in [0.15, 0.2) is 5.82 Å². The second-order valence-electron chi connectivity index (χ2n) is 5.64. The van der Waals surface area contributed by atoms with E-state index in [1.54, 1.807) is 6.20 Å². The number of hydrogen-bond donors (Lipinski definition) is 1. The summed E-state index contributed by atoms with van der Waals surface area (Å²) in [6.45, 7) is 8.91. The number of aromatic nitrogens is 2. The van der Waals surface area contributed by atoms with Gasteiger partial charge < -0.3 is 10.6 Å². The fraction of sp³-hybridized carbons (Fsp3) is 0.467. The molecule has 0 bridgehead atoms. The zero-order valence-corrected chi connectivity index (χ0v) is 11.9. The normalized spacial score (nSPS) is 11.8. The van der Waals surface area contributed by atoms with Gasteiger partial charge in [-0.2, -0.15) is 5.10 Å². The van der Waals surface area contributed by atoms with Gasteiger partial charge in [-0.05, 0) is 18.9 Å². The van der Waals surface area contributed by atoms with Crippen LogP contribution in [-0.4, -0.2) is 29.8 Å². The maximum absolute atomic E-state index is 5.84. The molecule has 0 fully saturated rings. The lowest BCUT2D eigenvalue weighted by atomic mass is 9.93. The molecule has 1 aromatic carbocycles. The Morgan fingerprint density at radius 2 is 2.00 bits per heavy atom. The second-order valence-corrected chi connectivity index (χ2v) is 5.64. The first-order valence-corrected chi connectivity index (χ1v) is 6.73. The Labute approximate surface area is 114 Å². The minimum atomic E-state index is 0.0641. The molecule has 2 N–H and O–H groups in total. The zero-order chi connectivity index (χ0) is 13.9. The second kappa shape index (κ2) is 5.53. The number of nitrogens with zero attached hydrogens (tertiary/aromatic N) is 3. The summed E-state index contributed by atoms with van der Waals surface area (Å²) in [6, 6.07) is 8.22. The van der Waals surface area contributed by atoms with Crippen LogP contribution in [-0.2, 0) is 0 Å². The zero-order valence-electron chi connectivity index (χ0n) is 11.9. The van der Waals surface area contributed by atoms with E-state index in [-0.39, 0.29) is 5.41 Å². The molecule has 2 aromatic rings. The molecule has 4 nitrogen and oxygen atoms in total. The van der Waals surface area contributed by atoms with E-state index in [9.17, 15) is 0 Å². The maximum atomic E-state index is 5.84. The van der Waals surface area contributed by atoms with Gasteiger partial charge in [0.2, 0.25) is 0 Å². The van der Waals surface area contributed by atoms with Crippen LogP contribution in [0.5, 0.6) is 0 Å². The van der Waals surface area contributed by atoms with Crippen molar-refractivity contribution in [2.75, 3.05) is 24.5 Å². The van der Waals surface area contributed by atoms with Crippen molar-refractivity contribution < 1.29 is 0 Å². The maximum Gasteiger partial charge on any atom is 0.159 e. The fourth-order valence-corrected chi connectivity index (χ4v) is 2.16. The molecule has 2 rings (SSSR count). The van der Waals surface area contributed by atoms with Crippen molar-refractivity contribution in [1.29, 1.82) is 0 Å². The Balaban J connectivity index is 2.41. The standard InChI is InChI=1S/C15H22N4/c1-4-19(11-15(2,3)10-16)14-13-8-6-5-7-12(13)9-17-18-14/h5-9H,4,10-11,16H2,1-3H3. The SMILES string of the molecule is CCN(CC(C)(C)CN)c1nncc2ccccc12. The third-order valence-electron chi connectivity index (χ3n) is 3.40. The third-order valence-corrected chi connectivity index (χ3v) is 3.40. The van der Waals surface area contributed by atoms with Crippen molar-refractivity contribution in [3.8, 4) is 0 Å². The topological polar surface area (TPSA) is 55.0 Å². The summed E-state index contributed by atoms with van der Waals surface area (Å²) < 4.78 is 0. The molecule has 0 spiro atoms. The van der Waals surface area contributed by atoms with Gasteiger partial charge in [-0.1, -0.05) is 38.1 Å². The minimum Gasteiger partial charge on any atom is -0.354 e. The van der Waals surface area contributed by atoms with Crippen LogP contribution < -0.4 is 10.6 Å². The highest BCUT2D eigenvalue weighted by Crippen LogP contribution is 2.26. The Bertz CT molecular complexity index is 545. The van der Waals surface area contributed by atoms with Crippen LogP contribution in [0.3, 0.4) is 0 Å². The molecule has 1 heterocycles. The van der Waals surface area contributed by atoms with E-state index in [1.165, 1.54) is 0 Å². The van der Waals surface area contributed by atoms with Crippen molar-refractivity contribution >= 4 is 16.6 Å². The van der Waals surface area contributed by atoms with Crippen molar-refractivity contribution in [3.63, 3.8) is 0 Å². The summed E-state index contributed by atoms with van der Waals surface area (Å²) in [7, 11) is 0. The number of fused-ring (bicyclic) bond motifs is 1. The Morgan fingerprint density at radius 1 is 1.26 bits per heavy atom. The van der Waals surface area contributed by atoms with E-state index in [0.717, 1.165) is 29.7 Å². The van der Waals surface area contributed by atoms with Gasteiger partial charge in [-0.15, -0.1) is 5.10 Å². The Kier molecular flexibility index (Phi) is 4.00. The highest BCUT2D eigenvalue weighted by atomic mass is 15.3. The van der Waals surface area contributed by atoms with Crippen LogP contribution in [0.4, 0.5) is 5.82 Å². The van der Waals surface area contributed by atoms with E-state index >= 15 is 0 Å². The van der Waals surface area contributed by atoms with Gasteiger partial charge >= 0.3 is 0 Å². The van der Waals surface area contributed by atoms with E-state index in [4.69, 9.17) is 5.73 Å². The number of benzene rings is 1. The molecule has 0 saturated carbocycles. The fourth-order valence-electron chi connectivity index (χ4n) is 2.16. The van der Waals surface area contributed by atoms with Gasteiger partial charge in [0.05, 0.1) is 6.20 Å². The first-order valence-electron chi connectivity index (χ1n) is 6.73. The van der Waals surface area contributed by atoms with Crippen LogP contribution in [0.1, 0.15) is 20.8 Å². The first kappa shape index (κ1) is 13.7. The monoisotopic (exact) mass is 258 g/mol. The lowest BCUT2D eigenvalue weighted by Crippen LogP contribution is -2.39. The smallest absolute Gasteiger partial charge is 0.159 e. The highest BCUT2D eigenvalue weighted by molar-refractivity contribution is 5.91. The molecule has 19 heavy (non-hydrogen) atoms. The number of hydrogen-bond acceptors (Lipinski definition) is 4. The van der Waals surface area contributed by atoms with Crippen LogP contribution in [0.2, 0.25) is 0 Å². The highest BCUT2D eigenvalue weighted by Gasteiger charge is 2.21. The van der Waals surface area contributed by atoms with Gasteiger partial charge in [0.1, 0.15) is 0 Å². The van der Waals surface area contributed by atoms with Crippen molar-refractivity contribution in [2.24, 2.45) is 11.1 Å². The lowest BCUT2D eigenvalue weighted by Gasteiger charge is -2.32. The predicted octanol–water partition coefficient (Wildman–Crippen LogP) is 2.44. The summed E-state index contributed by atoms with van der Waals surface area (Å²) in [4.78, 5) is 2.25. The molecule has 0 amide bonds. The summed E-state index contributed by atoms with van der Waals surface area (Å²) >= 11 is 0. The van der Waals surface area contributed by atoms with Gasteiger partial charge in [0, 0.05) is 23.9 Å². The van der Waals surface area contributed by atoms with Crippen molar-refractivity contribution in [3.05, 3.63) is 30.5 Å². The first-order chi connectivity index (χ1) is 9.07. The van der Waals surface area contributed by atoms with Gasteiger partial charge in [0.25, 0.3) is 0 Å². The van der Waals surface area contributed by atoms with Crippen LogP contribution in [0, 0.1) is 5.41 Å². The third kappa shape index (κ3) is 3.01. The number of anilines is 1. The molecule has 4 heteroatoms. The summed E-state index contributed by atoms with van der Waals surface area (Å²) in [5.41, 5.74) is 5.90. The molecule has 0 unspecified atom stereocenters. The molecule has 0 atom stereocenters. The van der Waals surface area contributed by atoms with E-state index in [1.807, 2.05) is 12.1 Å². The Hall–Kier alpha value is -1.68. The van der Waals surface area contributed by atoms with Crippen molar-refractivity contribution in [2.45, 2.75) is 20.8 Å². The van der Waals surface area contributed by atoms with E-state index in [2.05, 4.69) is 48.0 Å². The summed E-state index contributed by atoms with van der Waals surface area (Å²) in [6.07, 6.45) is 1.81. The average molecular weight is 258 g/mol. The van der Waals surface area contributed by atoms with E-state index < -0.39 is 0 Å². The Morgan fingerprint density at radius 3 is 2.68 bits per heavy atom. The van der Waals surface area contributed by atoms with Gasteiger partial charge in [-0.3, -0.25) is 0 Å². The number of rotatable bonds is 5. The van der Waals surface area contributed by atoms with E-state index in [0.29, 0.717) is 6.54 Å². The molecule has 0 radical (unpaired) electrons.